The predicted molar refractivity (Wildman–Crippen MR) is 108 cm³/mol. The Kier molecular flexibility index (Phi) is 6.03. The van der Waals surface area contributed by atoms with E-state index in [2.05, 4.69) is 5.16 Å². The Morgan fingerprint density at radius 1 is 1.07 bits per heavy atom. The maximum Gasteiger partial charge on any atom is 0.338 e. The maximum atomic E-state index is 13.0. The summed E-state index contributed by atoms with van der Waals surface area (Å²) in [6, 6.07) is 14.6. The SMILES string of the molecule is CCN(c1ccccc1)S(=O)(=O)c1ccc(C(=O)OCc2c(C)noc2C)cc1. The number of carbonyl (C=O) groups excluding carboxylic acids is 1. The molecule has 0 spiro atoms. The zero-order valence-electron chi connectivity index (χ0n) is 16.5. The van der Waals surface area contributed by atoms with Crippen molar-refractivity contribution in [2.24, 2.45) is 0 Å². The van der Waals surface area contributed by atoms with Gasteiger partial charge in [-0.1, -0.05) is 23.4 Å². The van der Waals surface area contributed by atoms with Crippen molar-refractivity contribution in [1.29, 1.82) is 0 Å². The Morgan fingerprint density at radius 2 is 1.72 bits per heavy atom. The van der Waals surface area contributed by atoms with Gasteiger partial charge in [-0.05, 0) is 57.2 Å². The van der Waals surface area contributed by atoms with Crippen LogP contribution in [-0.2, 0) is 21.4 Å². The molecule has 3 rings (SSSR count). The number of ether oxygens (including phenoxy) is 1. The van der Waals surface area contributed by atoms with E-state index in [-0.39, 0.29) is 23.6 Å². The Labute approximate surface area is 169 Å². The van der Waals surface area contributed by atoms with Gasteiger partial charge in [0.15, 0.2) is 0 Å². The summed E-state index contributed by atoms with van der Waals surface area (Å²) in [7, 11) is -3.75. The average Bonchev–Trinajstić information content (AvgIpc) is 3.05. The van der Waals surface area contributed by atoms with E-state index in [1.165, 1.54) is 28.6 Å². The fraction of sp³-hybridized carbons (Fsp3) is 0.238. The zero-order valence-corrected chi connectivity index (χ0v) is 17.3. The number of hydrogen-bond acceptors (Lipinski definition) is 6. The van der Waals surface area contributed by atoms with Crippen molar-refractivity contribution in [3.63, 3.8) is 0 Å². The molecule has 1 heterocycles. The minimum absolute atomic E-state index is 0.0394. The van der Waals surface area contributed by atoms with Crippen molar-refractivity contribution in [3.8, 4) is 0 Å². The zero-order chi connectivity index (χ0) is 21.0. The lowest BCUT2D eigenvalue weighted by Crippen LogP contribution is -2.30. The Bertz CT molecular complexity index is 1070. The van der Waals surface area contributed by atoms with E-state index in [1.807, 2.05) is 6.07 Å². The Balaban J connectivity index is 1.76. The number of nitrogens with zero attached hydrogens (tertiary/aromatic N) is 2. The Morgan fingerprint density at radius 3 is 2.28 bits per heavy atom. The molecule has 2 aromatic carbocycles. The molecule has 29 heavy (non-hydrogen) atoms. The molecule has 1 aromatic heterocycles. The maximum absolute atomic E-state index is 13.0. The standard InChI is InChI=1S/C21H22N2O5S/c1-4-23(18-8-6-5-7-9-18)29(25,26)19-12-10-17(11-13-19)21(24)27-14-20-15(2)22-28-16(20)3/h5-13H,4,14H2,1-3H3. The first kappa shape index (κ1) is 20.6. The molecular weight excluding hydrogens is 392 g/mol. The first-order valence-corrected chi connectivity index (χ1v) is 10.5. The normalized spacial score (nSPS) is 11.3. The van der Waals surface area contributed by atoms with E-state index < -0.39 is 16.0 Å². The van der Waals surface area contributed by atoms with Crippen molar-refractivity contribution >= 4 is 21.7 Å². The van der Waals surface area contributed by atoms with Crippen LogP contribution in [0.3, 0.4) is 0 Å². The van der Waals surface area contributed by atoms with Crippen LogP contribution >= 0.6 is 0 Å². The predicted octanol–water partition coefficient (Wildman–Crippen LogP) is 3.86. The smallest absolute Gasteiger partial charge is 0.338 e. The number of aryl methyl sites for hydroxylation is 2. The largest absolute Gasteiger partial charge is 0.457 e. The van der Waals surface area contributed by atoms with Crippen LogP contribution in [0.4, 0.5) is 5.69 Å². The van der Waals surface area contributed by atoms with Crippen molar-refractivity contribution in [3.05, 3.63) is 77.2 Å². The van der Waals surface area contributed by atoms with E-state index in [4.69, 9.17) is 9.26 Å². The molecule has 0 aliphatic heterocycles. The lowest BCUT2D eigenvalue weighted by molar-refractivity contribution is 0.0470. The minimum atomic E-state index is -3.75. The highest BCUT2D eigenvalue weighted by atomic mass is 32.2. The molecule has 0 saturated heterocycles. The molecule has 0 saturated carbocycles. The summed E-state index contributed by atoms with van der Waals surface area (Å²) >= 11 is 0. The fourth-order valence-corrected chi connectivity index (χ4v) is 4.38. The van der Waals surface area contributed by atoms with E-state index in [0.29, 0.717) is 17.1 Å². The lowest BCUT2D eigenvalue weighted by Gasteiger charge is -2.22. The number of carbonyl (C=O) groups is 1. The van der Waals surface area contributed by atoms with Crippen LogP contribution in [-0.4, -0.2) is 26.1 Å². The highest BCUT2D eigenvalue weighted by Crippen LogP contribution is 2.23. The first-order valence-electron chi connectivity index (χ1n) is 9.11. The van der Waals surface area contributed by atoms with Gasteiger partial charge in [-0.25, -0.2) is 13.2 Å². The van der Waals surface area contributed by atoms with E-state index >= 15 is 0 Å². The quantitative estimate of drug-likeness (QED) is 0.545. The highest BCUT2D eigenvalue weighted by molar-refractivity contribution is 7.92. The highest BCUT2D eigenvalue weighted by Gasteiger charge is 2.24. The van der Waals surface area contributed by atoms with E-state index in [1.54, 1.807) is 45.0 Å². The second kappa shape index (κ2) is 8.48. The number of sulfonamides is 1. The number of anilines is 1. The summed E-state index contributed by atoms with van der Waals surface area (Å²) in [5.74, 6) is 0.0432. The van der Waals surface area contributed by atoms with Crippen molar-refractivity contribution < 1.29 is 22.5 Å². The lowest BCUT2D eigenvalue weighted by atomic mass is 10.2. The monoisotopic (exact) mass is 414 g/mol. The van der Waals surface area contributed by atoms with Gasteiger partial charge in [0.05, 0.1) is 27.4 Å². The van der Waals surface area contributed by atoms with Crippen molar-refractivity contribution in [2.75, 3.05) is 10.8 Å². The molecule has 0 aliphatic carbocycles. The van der Waals surface area contributed by atoms with Crippen molar-refractivity contribution in [1.82, 2.24) is 5.16 Å². The van der Waals surface area contributed by atoms with Crippen LogP contribution < -0.4 is 4.31 Å². The second-order valence-electron chi connectivity index (χ2n) is 6.41. The topological polar surface area (TPSA) is 89.7 Å². The molecule has 0 fully saturated rings. The fourth-order valence-electron chi connectivity index (χ4n) is 2.90. The summed E-state index contributed by atoms with van der Waals surface area (Å²) in [6.07, 6.45) is 0. The number of para-hydroxylation sites is 1. The van der Waals surface area contributed by atoms with Gasteiger partial charge in [-0.2, -0.15) is 0 Å². The van der Waals surface area contributed by atoms with Gasteiger partial charge >= 0.3 is 5.97 Å². The average molecular weight is 414 g/mol. The number of rotatable bonds is 7. The number of esters is 1. The third-order valence-electron chi connectivity index (χ3n) is 4.54. The van der Waals surface area contributed by atoms with Crippen LogP contribution in [0.2, 0.25) is 0 Å². The molecule has 0 radical (unpaired) electrons. The van der Waals surface area contributed by atoms with Gasteiger partial charge in [0.25, 0.3) is 10.0 Å². The molecule has 0 bridgehead atoms. The van der Waals surface area contributed by atoms with Gasteiger partial charge < -0.3 is 9.26 Å². The molecule has 0 N–H and O–H groups in total. The summed E-state index contributed by atoms with van der Waals surface area (Å²) in [6.45, 7) is 5.61. The van der Waals surface area contributed by atoms with Crippen molar-refractivity contribution in [2.45, 2.75) is 32.3 Å². The molecule has 0 aliphatic rings. The minimum Gasteiger partial charge on any atom is -0.457 e. The number of hydrogen-bond donors (Lipinski definition) is 0. The molecule has 0 unspecified atom stereocenters. The van der Waals surface area contributed by atoms with Crippen LogP contribution in [0.15, 0.2) is 64.0 Å². The van der Waals surface area contributed by atoms with Crippen LogP contribution in [0.1, 0.15) is 34.3 Å². The van der Waals surface area contributed by atoms with Gasteiger partial charge in [-0.3, -0.25) is 4.31 Å². The number of aromatic nitrogens is 1. The van der Waals surface area contributed by atoms with Crippen LogP contribution in [0, 0.1) is 13.8 Å². The number of benzene rings is 2. The molecular formula is C21H22N2O5S. The molecule has 0 amide bonds. The van der Waals surface area contributed by atoms with Gasteiger partial charge in [0, 0.05) is 6.54 Å². The third-order valence-corrected chi connectivity index (χ3v) is 6.46. The summed E-state index contributed by atoms with van der Waals surface area (Å²) in [4.78, 5) is 12.4. The van der Waals surface area contributed by atoms with Crippen LogP contribution in [0.5, 0.6) is 0 Å². The van der Waals surface area contributed by atoms with Crippen LogP contribution in [0.25, 0.3) is 0 Å². The van der Waals surface area contributed by atoms with E-state index in [9.17, 15) is 13.2 Å². The molecule has 152 valence electrons. The first-order chi connectivity index (χ1) is 13.8. The summed E-state index contributed by atoms with van der Waals surface area (Å²) in [5.41, 5.74) is 2.23. The molecule has 3 aromatic rings. The van der Waals surface area contributed by atoms with Gasteiger partial charge in [-0.15, -0.1) is 0 Å². The summed E-state index contributed by atoms with van der Waals surface area (Å²) < 4.78 is 37.6. The van der Waals surface area contributed by atoms with E-state index in [0.717, 1.165) is 5.56 Å². The second-order valence-corrected chi connectivity index (χ2v) is 8.27. The molecule has 0 atom stereocenters. The van der Waals surface area contributed by atoms with Gasteiger partial charge in [0.2, 0.25) is 0 Å². The third kappa shape index (κ3) is 4.32. The van der Waals surface area contributed by atoms with Gasteiger partial charge in [0.1, 0.15) is 12.4 Å². The Hall–Kier alpha value is -3.13. The summed E-state index contributed by atoms with van der Waals surface area (Å²) in [5, 5.41) is 3.82. The molecule has 7 nitrogen and oxygen atoms in total. The molecule has 8 heteroatoms.